The predicted molar refractivity (Wildman–Crippen MR) is 120 cm³/mol. The highest BCUT2D eigenvalue weighted by Crippen LogP contribution is 2.13. The van der Waals surface area contributed by atoms with Crippen LogP contribution >= 0.6 is 0 Å². The molecule has 1 aromatic heterocycles. The zero-order valence-electron chi connectivity index (χ0n) is 19.9. The van der Waals surface area contributed by atoms with Crippen LogP contribution in [0.5, 0.6) is 0 Å². The first-order valence-electron chi connectivity index (χ1n) is 9.71. The monoisotopic (exact) mass is 363 g/mol. The molecule has 0 N–H and O–H groups in total. The Hall–Kier alpha value is -1.57. The number of hydrogen-bond acceptors (Lipinski definition) is 2. The molecular weight excluding hydrogens is 318 g/mol. The van der Waals surface area contributed by atoms with Gasteiger partial charge in [-0.1, -0.05) is 53.4 Å². The highest BCUT2D eigenvalue weighted by Gasteiger charge is 2.06. The van der Waals surface area contributed by atoms with Crippen molar-refractivity contribution >= 4 is 0 Å². The van der Waals surface area contributed by atoms with Gasteiger partial charge in [0.2, 0.25) is 0 Å². The van der Waals surface area contributed by atoms with Crippen LogP contribution in [-0.4, -0.2) is 5.16 Å². The average Bonchev–Trinajstić information content (AvgIpc) is 2.96. The molecule has 0 fully saturated rings. The van der Waals surface area contributed by atoms with E-state index in [1.165, 1.54) is 27.9 Å². The van der Waals surface area contributed by atoms with Crippen LogP contribution in [0.1, 0.15) is 100 Å². The van der Waals surface area contributed by atoms with Crippen molar-refractivity contribution in [1.29, 1.82) is 0 Å². The minimum absolute atomic E-state index is 0.943. The molecule has 2 heteroatoms. The van der Waals surface area contributed by atoms with Crippen molar-refractivity contribution in [3.8, 4) is 0 Å². The Morgan fingerprint density at radius 3 is 1.23 bits per heavy atom. The van der Waals surface area contributed by atoms with Crippen molar-refractivity contribution in [3.63, 3.8) is 0 Å². The Balaban J connectivity index is -0.000000289. The summed E-state index contributed by atoms with van der Waals surface area (Å²) >= 11 is 0. The molecule has 0 aliphatic rings. The van der Waals surface area contributed by atoms with Gasteiger partial charge in [-0.15, -0.1) is 0 Å². The number of aromatic nitrogens is 1. The molecule has 0 amide bonds. The van der Waals surface area contributed by atoms with Crippen LogP contribution in [0.2, 0.25) is 0 Å². The van der Waals surface area contributed by atoms with Gasteiger partial charge in [-0.25, -0.2) is 0 Å². The molecule has 0 radical (unpaired) electrons. The van der Waals surface area contributed by atoms with E-state index in [1.54, 1.807) is 0 Å². The van der Waals surface area contributed by atoms with Crippen LogP contribution in [0.25, 0.3) is 0 Å². The maximum Gasteiger partial charge on any atom is 0.139 e. The number of aryl methyl sites for hydroxylation is 2. The van der Waals surface area contributed by atoms with Crippen molar-refractivity contribution in [2.45, 2.75) is 103 Å². The quantitative estimate of drug-likeness (QED) is 0.493. The van der Waals surface area contributed by atoms with Gasteiger partial charge in [0.15, 0.2) is 0 Å². The zero-order valence-corrected chi connectivity index (χ0v) is 19.9. The normalized spacial score (nSPS) is 8.50. The molecule has 0 bridgehead atoms. The van der Waals surface area contributed by atoms with Gasteiger partial charge in [0.05, 0.1) is 5.69 Å². The van der Waals surface area contributed by atoms with Gasteiger partial charge in [0.25, 0.3) is 0 Å². The lowest BCUT2D eigenvalue weighted by molar-refractivity contribution is 0.380. The summed E-state index contributed by atoms with van der Waals surface area (Å²) in [7, 11) is 0. The lowest BCUT2D eigenvalue weighted by Crippen LogP contribution is -1.84. The zero-order chi connectivity index (χ0) is 21.3. The van der Waals surface area contributed by atoms with Crippen LogP contribution in [0.4, 0.5) is 0 Å². The second-order valence-electron chi connectivity index (χ2n) is 7.12. The van der Waals surface area contributed by atoms with E-state index in [1.807, 2.05) is 13.8 Å². The fourth-order valence-corrected chi connectivity index (χ4v) is 1.07. The molecule has 1 heterocycles. The molecule has 0 aliphatic carbocycles. The van der Waals surface area contributed by atoms with Crippen molar-refractivity contribution < 1.29 is 4.52 Å². The van der Waals surface area contributed by atoms with Gasteiger partial charge in [-0.3, -0.25) is 0 Å². The van der Waals surface area contributed by atoms with E-state index in [9.17, 15) is 0 Å². The third-order valence-corrected chi connectivity index (χ3v) is 3.93. The van der Waals surface area contributed by atoms with E-state index >= 15 is 0 Å². The molecule has 152 valence electrons. The van der Waals surface area contributed by atoms with Crippen LogP contribution in [-0.2, 0) is 12.8 Å². The van der Waals surface area contributed by atoms with E-state index in [0.29, 0.717) is 0 Å². The summed E-state index contributed by atoms with van der Waals surface area (Å²) in [6, 6.07) is 0. The molecule has 0 saturated carbocycles. The van der Waals surface area contributed by atoms with Crippen LogP contribution in [0.3, 0.4) is 0 Å². The molecule has 0 aromatic carbocycles. The smallest absolute Gasteiger partial charge is 0.139 e. The first-order valence-corrected chi connectivity index (χ1v) is 9.71. The Kier molecular flexibility index (Phi) is 20.5. The lowest BCUT2D eigenvalue weighted by atomic mass is 10.1. The third-order valence-electron chi connectivity index (χ3n) is 3.93. The molecule has 0 atom stereocenters. The number of hydrogen-bond donors (Lipinski definition) is 0. The lowest BCUT2D eigenvalue weighted by Gasteiger charge is -1.89. The van der Waals surface area contributed by atoms with E-state index < -0.39 is 0 Å². The molecule has 2 nitrogen and oxygen atoms in total. The van der Waals surface area contributed by atoms with Crippen LogP contribution in [0, 0.1) is 6.92 Å². The molecule has 0 unspecified atom stereocenters. The summed E-state index contributed by atoms with van der Waals surface area (Å²) in [5.41, 5.74) is 7.93. The number of rotatable bonds is 2. The highest BCUT2D eigenvalue weighted by atomic mass is 16.5. The molecule has 1 rings (SSSR count). The van der Waals surface area contributed by atoms with Gasteiger partial charge < -0.3 is 4.52 Å². The van der Waals surface area contributed by atoms with Gasteiger partial charge in [0, 0.05) is 12.0 Å². The molecule has 1 aromatic rings. The summed E-state index contributed by atoms with van der Waals surface area (Å²) in [6.45, 7) is 27.1. The summed E-state index contributed by atoms with van der Waals surface area (Å²) in [5.74, 6) is 1.02. The maximum atomic E-state index is 5.09. The van der Waals surface area contributed by atoms with E-state index in [-0.39, 0.29) is 0 Å². The predicted octanol–water partition coefficient (Wildman–Crippen LogP) is 8.42. The van der Waals surface area contributed by atoms with E-state index in [4.69, 9.17) is 4.52 Å². The minimum Gasteiger partial charge on any atom is -0.361 e. The average molecular weight is 364 g/mol. The number of nitrogens with zero attached hydrogens (tertiary/aromatic N) is 1. The maximum absolute atomic E-state index is 5.09. The van der Waals surface area contributed by atoms with Gasteiger partial charge in [-0.2, -0.15) is 0 Å². The van der Waals surface area contributed by atoms with Crippen molar-refractivity contribution in [2.75, 3.05) is 0 Å². The summed E-state index contributed by atoms with van der Waals surface area (Å²) in [4.78, 5) is 0. The molecule has 0 saturated heterocycles. The Morgan fingerprint density at radius 2 is 1.12 bits per heavy atom. The molecule has 0 aliphatic heterocycles. The van der Waals surface area contributed by atoms with Gasteiger partial charge in [0.1, 0.15) is 5.76 Å². The minimum atomic E-state index is 0.943. The Bertz CT molecular complexity index is 493. The molecular formula is C24H45NO. The SMILES string of the molecule is CC(C)=C(C)C.CC=C(C)C.CC=C(C)C.CCc1noc(CC)c1C. The molecule has 26 heavy (non-hydrogen) atoms. The van der Waals surface area contributed by atoms with E-state index in [2.05, 4.69) is 93.5 Å². The first kappa shape index (κ1) is 29.2. The van der Waals surface area contributed by atoms with Crippen LogP contribution in [0.15, 0.2) is 39.0 Å². The fraction of sp³-hybridized carbons (Fsp3) is 0.625. The molecule has 0 spiro atoms. The van der Waals surface area contributed by atoms with Crippen LogP contribution < -0.4 is 0 Å². The standard InChI is InChI=1S/C8H13NO.C6H12.2C5H10/c1-4-7-6(3)8(5-2)10-9-7;1-5(2)6(3)4;2*1-4-5(2)3/h4-5H2,1-3H3;1-4H3;2*4H,1-3H3. The summed E-state index contributed by atoms with van der Waals surface area (Å²) < 4.78 is 5.09. The first-order chi connectivity index (χ1) is 12.0. The van der Waals surface area contributed by atoms with E-state index in [0.717, 1.165) is 24.3 Å². The second kappa shape index (κ2) is 18.2. The van der Waals surface area contributed by atoms with Crippen molar-refractivity contribution in [2.24, 2.45) is 0 Å². The fourth-order valence-electron chi connectivity index (χ4n) is 1.07. The second-order valence-corrected chi connectivity index (χ2v) is 7.12. The van der Waals surface area contributed by atoms with Gasteiger partial charge in [-0.05, 0) is 82.6 Å². The topological polar surface area (TPSA) is 26.0 Å². The number of allylic oxidation sites excluding steroid dienone is 6. The van der Waals surface area contributed by atoms with Gasteiger partial charge >= 0.3 is 0 Å². The summed E-state index contributed by atoms with van der Waals surface area (Å²) in [6.07, 6.45) is 6.08. The summed E-state index contributed by atoms with van der Waals surface area (Å²) in [5, 5.41) is 3.93. The van der Waals surface area contributed by atoms with Crippen molar-refractivity contribution in [3.05, 3.63) is 51.5 Å². The Morgan fingerprint density at radius 1 is 0.769 bits per heavy atom. The third kappa shape index (κ3) is 18.8. The highest BCUT2D eigenvalue weighted by molar-refractivity contribution is 5.20. The largest absolute Gasteiger partial charge is 0.361 e. The van der Waals surface area contributed by atoms with Crippen molar-refractivity contribution in [1.82, 2.24) is 5.16 Å². The Labute approximate surface area is 164 Å².